The molecular weight excluding hydrogens is 659 g/mol. The molecule has 0 aromatic rings. The first-order chi connectivity index (χ1) is 19.7. The predicted molar refractivity (Wildman–Crippen MR) is 182 cm³/mol. The van der Waals surface area contributed by atoms with Gasteiger partial charge in [-0.05, 0) is 72.7 Å². The molecule has 0 saturated heterocycles. The van der Waals surface area contributed by atoms with Gasteiger partial charge in [-0.1, -0.05) is 95.2 Å². The van der Waals surface area contributed by atoms with Gasteiger partial charge in [0.2, 0.25) is 0 Å². The van der Waals surface area contributed by atoms with Crippen molar-refractivity contribution in [3.05, 3.63) is 75.0 Å². The minimum absolute atomic E-state index is 0.0610. The fourth-order valence-electron chi connectivity index (χ4n) is 4.37. The van der Waals surface area contributed by atoms with E-state index < -0.39 is 11.1 Å². The van der Waals surface area contributed by atoms with Crippen molar-refractivity contribution in [2.45, 2.75) is 122 Å². The van der Waals surface area contributed by atoms with Crippen molar-refractivity contribution in [3.8, 4) is 0 Å². The van der Waals surface area contributed by atoms with Gasteiger partial charge in [0.25, 0.3) is 0 Å². The molecule has 0 aliphatic heterocycles. The standard InChI is InChI=1S/C36H56N2O2.ClH.NO.Ru/c1-31(2,3)25-17-23(29(39)27(19-25)33(7,8)9)21-37-35(13,14)36(15,16)38-22-24-18-26(32(4,5)6)20-28(30(24)40)34(10,11)12;;1-2;/h17-22,37-38H,1-16H3;1H;;/q;;;+1/p-1/b23-21-,24-22-;;;. The SMILES string of the molecule is CC(C)(C)C1=C/C(=C/NC(C)(C)C(C)(C)N/C=C2/C=C(C(C)(C)C)C=C(C(C)(C)C)C2=O)C(=O)C(C(C)(C)C)=C1.[Cl][Ru].[N]=O. The maximum absolute atomic E-state index is 13.5. The van der Waals surface area contributed by atoms with Crippen molar-refractivity contribution in [1.82, 2.24) is 16.2 Å². The second kappa shape index (κ2) is 15.0. The number of carbonyl (C=O) groups excluding carboxylic acids is 2. The number of nitroso groups, excluding NO2 is 1. The number of halogens is 1. The quantitative estimate of drug-likeness (QED) is 0.219. The van der Waals surface area contributed by atoms with E-state index in [-0.39, 0.29) is 33.2 Å². The summed E-state index contributed by atoms with van der Waals surface area (Å²) in [6.07, 6.45) is 11.9. The van der Waals surface area contributed by atoms with Crippen molar-refractivity contribution in [2.75, 3.05) is 0 Å². The molecule has 0 spiro atoms. The topological polar surface area (TPSA) is 97.6 Å². The fourth-order valence-corrected chi connectivity index (χ4v) is 4.37. The zero-order valence-corrected chi connectivity index (χ0v) is 32.4. The van der Waals surface area contributed by atoms with Gasteiger partial charge in [-0.25, -0.2) is 0 Å². The third kappa shape index (κ3) is 10.8. The van der Waals surface area contributed by atoms with Crippen molar-refractivity contribution in [1.29, 1.82) is 0 Å². The first-order valence-corrected chi connectivity index (χ1v) is 17.2. The Morgan fingerprint density at radius 2 is 0.773 bits per heavy atom. The van der Waals surface area contributed by atoms with Gasteiger partial charge in [0.1, 0.15) is 5.59 Å². The molecule has 2 aliphatic rings. The van der Waals surface area contributed by atoms with E-state index in [0.717, 1.165) is 22.3 Å². The summed E-state index contributed by atoms with van der Waals surface area (Å²) in [5.41, 5.74) is 9.43. The van der Waals surface area contributed by atoms with E-state index in [1.807, 2.05) is 41.9 Å². The van der Waals surface area contributed by atoms with Crippen LogP contribution >= 0.6 is 9.69 Å². The summed E-state index contributed by atoms with van der Waals surface area (Å²) in [5.74, 6) is 0.122. The van der Waals surface area contributed by atoms with Gasteiger partial charge >= 0.3 is 27.0 Å². The predicted octanol–water partition coefficient (Wildman–Crippen LogP) is 8.79. The summed E-state index contributed by atoms with van der Waals surface area (Å²) >= 11 is 1.82. The molecule has 6 nitrogen and oxygen atoms in total. The molecule has 0 aromatic carbocycles. The number of rotatable bonds is 5. The number of hydrogen-bond acceptors (Lipinski definition) is 5. The Balaban J connectivity index is 0.00000443. The van der Waals surface area contributed by atoms with Gasteiger partial charge in [0.15, 0.2) is 11.6 Å². The minimum Gasteiger partial charge on any atom is -0.120 e. The third-order valence-electron chi connectivity index (χ3n) is 8.32. The maximum atomic E-state index is 13.5. The molecule has 248 valence electrons. The van der Waals surface area contributed by atoms with E-state index in [1.165, 1.54) is 0 Å². The van der Waals surface area contributed by atoms with E-state index in [9.17, 15) is 9.59 Å². The zero-order valence-electron chi connectivity index (χ0n) is 29.9. The molecule has 2 aliphatic carbocycles. The smallest absolute Gasteiger partial charge is 0.120 e. The second-order valence-electron chi connectivity index (χ2n) is 16.7. The molecule has 0 heterocycles. The van der Waals surface area contributed by atoms with E-state index >= 15 is 0 Å². The van der Waals surface area contributed by atoms with E-state index in [4.69, 9.17) is 10.5 Å². The third-order valence-corrected chi connectivity index (χ3v) is 8.32. The summed E-state index contributed by atoms with van der Waals surface area (Å²) in [4.78, 5) is 34.3. The zero-order chi connectivity index (χ0) is 35.3. The van der Waals surface area contributed by atoms with Gasteiger partial charge in [-0.15, -0.1) is 4.91 Å². The van der Waals surface area contributed by atoms with Crippen molar-refractivity contribution < 1.29 is 26.9 Å². The largest absolute Gasteiger partial charge is 0.120 e. The summed E-state index contributed by atoms with van der Waals surface area (Å²) in [6.45, 7) is 34.0. The van der Waals surface area contributed by atoms with Crippen LogP contribution in [0, 0.1) is 26.6 Å². The number of ketones is 2. The molecule has 0 unspecified atom stereocenters. The Hall–Kier alpha value is -2.11. The molecule has 0 fully saturated rings. The summed E-state index contributed by atoms with van der Waals surface area (Å²) in [6, 6.07) is 0. The van der Waals surface area contributed by atoms with E-state index in [1.54, 1.807) is 0 Å². The van der Waals surface area contributed by atoms with Crippen molar-refractivity contribution in [2.24, 2.45) is 21.7 Å². The monoisotopic (exact) mass is 715 g/mol. The first-order valence-electron chi connectivity index (χ1n) is 14.9. The second-order valence-corrected chi connectivity index (χ2v) is 16.7. The average Bonchev–Trinajstić information content (AvgIpc) is 2.87. The van der Waals surface area contributed by atoms with Crippen molar-refractivity contribution in [3.63, 3.8) is 0 Å². The molecule has 44 heavy (non-hydrogen) atoms. The van der Waals surface area contributed by atoms with Gasteiger partial charge in [0.05, 0.1) is 11.1 Å². The maximum Gasteiger partial charge on any atom is 0.120 e. The normalized spacial score (nSPS) is 18.7. The Bertz CT molecular complexity index is 1170. The molecule has 0 saturated carbocycles. The number of hydrogen-bond donors (Lipinski definition) is 2. The molecule has 1 radical (unpaired) electrons. The molecular formula is C36H56ClN3O3Ru. The molecule has 8 heteroatoms. The van der Waals surface area contributed by atoms with Crippen LogP contribution in [-0.2, 0) is 26.9 Å². The molecule has 2 rings (SSSR count). The number of carbonyl (C=O) groups is 2. The number of Topliss-reactive ketones (excluding diaryl/α,β-unsaturated/α-hetero) is 2. The molecule has 2 N–H and O–H groups in total. The summed E-state index contributed by atoms with van der Waals surface area (Å²) in [7, 11) is 4.57. The molecule has 0 aromatic heterocycles. The van der Waals surface area contributed by atoms with Crippen LogP contribution in [0.1, 0.15) is 111 Å². The van der Waals surface area contributed by atoms with Crippen LogP contribution < -0.4 is 16.2 Å². The van der Waals surface area contributed by atoms with E-state index in [0.29, 0.717) is 11.1 Å². The summed E-state index contributed by atoms with van der Waals surface area (Å²) in [5, 5.41) is 7.10. The Kier molecular flexibility index (Phi) is 14.3. The van der Waals surface area contributed by atoms with Crippen molar-refractivity contribution >= 4 is 21.3 Å². The van der Waals surface area contributed by atoms with Crippen LogP contribution in [0.5, 0.6) is 0 Å². The Labute approximate surface area is 281 Å². The van der Waals surface area contributed by atoms with Crippen LogP contribution in [0.2, 0.25) is 0 Å². The summed E-state index contributed by atoms with van der Waals surface area (Å²) < 4.78 is 0. The van der Waals surface area contributed by atoms with Crippen LogP contribution in [0.4, 0.5) is 0 Å². The van der Waals surface area contributed by atoms with Crippen LogP contribution in [0.15, 0.2) is 70.1 Å². The fraction of sp³-hybridized carbons (Fsp3) is 0.611. The molecule has 0 amide bonds. The van der Waals surface area contributed by atoms with Gasteiger partial charge in [-0.2, -0.15) is 0 Å². The van der Waals surface area contributed by atoms with Gasteiger partial charge in [-0.3, -0.25) is 9.59 Å². The number of allylic oxidation sites excluding steroid dienone is 10. The van der Waals surface area contributed by atoms with Crippen LogP contribution in [0.3, 0.4) is 0 Å². The molecule has 0 atom stereocenters. The van der Waals surface area contributed by atoms with Crippen LogP contribution in [-0.4, -0.2) is 22.6 Å². The first kappa shape index (κ1) is 41.9. The van der Waals surface area contributed by atoms with Crippen LogP contribution in [0.25, 0.3) is 0 Å². The van der Waals surface area contributed by atoms with Gasteiger partial charge < -0.3 is 10.6 Å². The van der Waals surface area contributed by atoms with E-state index in [2.05, 4.69) is 143 Å². The number of nitrogens with one attached hydrogen (secondary N) is 2. The van der Waals surface area contributed by atoms with Gasteiger partial charge in [0, 0.05) is 34.7 Å². The average molecular weight is 715 g/mol. The Morgan fingerprint density at radius 3 is 0.977 bits per heavy atom. The minimum atomic E-state index is -0.465. The molecule has 0 bridgehead atoms. The number of nitrogens with zero attached hydrogens (tertiary/aromatic N) is 1. The Morgan fingerprint density at radius 1 is 0.523 bits per heavy atom.